The van der Waals surface area contributed by atoms with Crippen molar-refractivity contribution in [1.82, 2.24) is 5.32 Å². The summed E-state index contributed by atoms with van der Waals surface area (Å²) in [4.78, 5) is 0. The minimum Gasteiger partial charge on any atom is -0.378 e. The lowest BCUT2D eigenvalue weighted by molar-refractivity contribution is -0.178. The summed E-state index contributed by atoms with van der Waals surface area (Å²) >= 11 is 0. The Morgan fingerprint density at radius 3 is 1.93 bits per heavy atom. The molecular weight excluding hydrogens is 548 g/mol. The highest BCUT2D eigenvalue weighted by Crippen LogP contribution is 2.68. The molecule has 3 nitrogen and oxygen atoms in total. The predicted molar refractivity (Wildman–Crippen MR) is 196 cm³/mol. The van der Waals surface area contributed by atoms with Gasteiger partial charge in [0.05, 0.1) is 6.10 Å². The van der Waals surface area contributed by atoms with Crippen molar-refractivity contribution in [3.05, 3.63) is 0 Å². The number of fused-ring (bicyclic) bond motifs is 5. The number of ether oxygens (including phenoxy) is 1. The van der Waals surface area contributed by atoms with Crippen LogP contribution in [0.25, 0.3) is 0 Å². The third-order valence-corrected chi connectivity index (χ3v) is 14.3. The monoisotopic (exact) mass is 629 g/mol. The van der Waals surface area contributed by atoms with E-state index in [1.54, 1.807) is 0 Å². The van der Waals surface area contributed by atoms with Gasteiger partial charge in [-0.3, -0.25) is 0 Å². The second-order valence-electron chi connectivity index (χ2n) is 17.2. The van der Waals surface area contributed by atoms with Crippen LogP contribution in [0, 0.1) is 40.4 Å². The summed E-state index contributed by atoms with van der Waals surface area (Å²) in [6, 6.07) is 0. The minimum absolute atomic E-state index is 0.500. The third kappa shape index (κ3) is 10.7. The van der Waals surface area contributed by atoms with Crippen molar-refractivity contribution in [3.8, 4) is 0 Å². The summed E-state index contributed by atoms with van der Waals surface area (Å²) in [7, 11) is 0. The Hall–Kier alpha value is -0.120. The van der Waals surface area contributed by atoms with Gasteiger partial charge in [-0.15, -0.1) is 0 Å². The van der Waals surface area contributed by atoms with Crippen molar-refractivity contribution >= 4 is 0 Å². The zero-order valence-corrected chi connectivity index (χ0v) is 30.9. The van der Waals surface area contributed by atoms with Gasteiger partial charge in [-0.25, -0.2) is 0 Å². The Morgan fingerprint density at radius 2 is 1.27 bits per heavy atom. The first-order valence-electron chi connectivity index (χ1n) is 21.1. The van der Waals surface area contributed by atoms with E-state index in [2.05, 4.69) is 26.1 Å². The van der Waals surface area contributed by atoms with Crippen molar-refractivity contribution in [2.75, 3.05) is 26.2 Å². The number of rotatable bonds is 24. The van der Waals surface area contributed by atoms with E-state index in [1.165, 1.54) is 180 Å². The zero-order valence-electron chi connectivity index (χ0n) is 30.9. The first-order chi connectivity index (χ1) is 22.0. The quantitative estimate of drug-likeness (QED) is 0.105. The molecule has 0 amide bonds. The smallest absolute Gasteiger partial charge is 0.0611 e. The number of unbranched alkanes of at least 4 members (excludes halogenated alkanes) is 14. The Bertz CT molecular complexity index is 772. The average Bonchev–Trinajstić information content (AvgIpc) is 3.38. The molecule has 0 aliphatic heterocycles. The third-order valence-electron chi connectivity index (χ3n) is 14.3. The van der Waals surface area contributed by atoms with E-state index < -0.39 is 0 Å². The molecule has 4 fully saturated rings. The van der Waals surface area contributed by atoms with Crippen LogP contribution in [0.4, 0.5) is 0 Å². The molecule has 4 aliphatic rings. The number of hydrogen-bond donors (Lipinski definition) is 2. The minimum atomic E-state index is 0.500. The number of nitrogens with two attached hydrogens (primary N) is 1. The van der Waals surface area contributed by atoms with Crippen molar-refractivity contribution in [3.63, 3.8) is 0 Å². The molecule has 4 rings (SSSR count). The van der Waals surface area contributed by atoms with Gasteiger partial charge in [0.1, 0.15) is 0 Å². The molecule has 0 radical (unpaired) electrons. The summed E-state index contributed by atoms with van der Waals surface area (Å²) < 4.78 is 6.79. The molecular formula is C42H80N2O. The summed E-state index contributed by atoms with van der Waals surface area (Å²) in [6.45, 7) is 11.9. The SMILES string of the molecule is CCCCCCCCCCCCCCCCNCCCC[C@H]1CC[C@H]2[C@H]3C(CC[C@]12C)[C@@]1(C)CCCC[C@H]1C[C@H]3OCCCN. The van der Waals surface area contributed by atoms with Gasteiger partial charge in [0.15, 0.2) is 0 Å². The molecule has 264 valence electrons. The van der Waals surface area contributed by atoms with Crippen molar-refractivity contribution in [2.45, 2.75) is 200 Å². The molecule has 0 saturated heterocycles. The van der Waals surface area contributed by atoms with Gasteiger partial charge in [0.25, 0.3) is 0 Å². The Labute approximate surface area is 282 Å². The van der Waals surface area contributed by atoms with Crippen LogP contribution in [0.15, 0.2) is 0 Å². The van der Waals surface area contributed by atoms with E-state index >= 15 is 0 Å². The van der Waals surface area contributed by atoms with Crippen LogP contribution in [-0.2, 0) is 4.74 Å². The summed E-state index contributed by atoms with van der Waals surface area (Å²) in [5, 5.41) is 3.79. The number of nitrogens with one attached hydrogen (secondary N) is 1. The van der Waals surface area contributed by atoms with Crippen LogP contribution in [0.3, 0.4) is 0 Å². The fraction of sp³-hybridized carbons (Fsp3) is 1.00. The summed E-state index contributed by atoms with van der Waals surface area (Å²) in [6.07, 6.45) is 39.1. The van der Waals surface area contributed by atoms with E-state index in [9.17, 15) is 0 Å². The van der Waals surface area contributed by atoms with Crippen LogP contribution in [0.5, 0.6) is 0 Å². The van der Waals surface area contributed by atoms with E-state index in [1.807, 2.05) is 0 Å². The molecule has 0 aromatic heterocycles. The Morgan fingerprint density at radius 1 is 0.644 bits per heavy atom. The highest BCUT2D eigenvalue weighted by molar-refractivity contribution is 5.11. The lowest BCUT2D eigenvalue weighted by Crippen LogP contribution is -2.58. The Balaban J connectivity index is 1.06. The molecule has 8 atom stereocenters. The van der Waals surface area contributed by atoms with Crippen LogP contribution in [0.2, 0.25) is 0 Å². The van der Waals surface area contributed by atoms with Gasteiger partial charge in [0, 0.05) is 6.61 Å². The largest absolute Gasteiger partial charge is 0.378 e. The van der Waals surface area contributed by atoms with E-state index in [4.69, 9.17) is 10.5 Å². The molecule has 1 unspecified atom stereocenters. The molecule has 0 aromatic rings. The maximum Gasteiger partial charge on any atom is 0.0611 e. The van der Waals surface area contributed by atoms with E-state index in [-0.39, 0.29) is 0 Å². The maximum absolute atomic E-state index is 6.79. The fourth-order valence-electron chi connectivity index (χ4n) is 11.5. The molecule has 4 saturated carbocycles. The van der Waals surface area contributed by atoms with Crippen LogP contribution in [0.1, 0.15) is 194 Å². The second-order valence-corrected chi connectivity index (χ2v) is 17.2. The van der Waals surface area contributed by atoms with Crippen LogP contribution < -0.4 is 11.1 Å². The molecule has 45 heavy (non-hydrogen) atoms. The molecule has 0 aromatic carbocycles. The standard InChI is InChI=1S/C42H80N2O/c1-4-5-6-7-8-9-10-11-12-13-14-15-16-20-31-44-32-21-18-23-35-25-26-37-40-38(27-29-42(35,37)3)41(2)28-19-17-24-36(41)34-39(40)45-33-22-30-43/h35-40,44H,4-34,43H2,1-3H3/t35-,36-,37-,38?,39+,40-,41-,42+/m0/s1. The topological polar surface area (TPSA) is 47.3 Å². The Kier molecular flexibility index (Phi) is 17.1. The van der Waals surface area contributed by atoms with Gasteiger partial charge >= 0.3 is 0 Å². The molecule has 3 N–H and O–H groups in total. The predicted octanol–water partition coefficient (Wildman–Crippen LogP) is 11.6. The van der Waals surface area contributed by atoms with Crippen molar-refractivity contribution < 1.29 is 4.74 Å². The highest BCUT2D eigenvalue weighted by Gasteiger charge is 2.62. The first-order valence-corrected chi connectivity index (χ1v) is 21.1. The van der Waals surface area contributed by atoms with Gasteiger partial charge in [-0.2, -0.15) is 0 Å². The van der Waals surface area contributed by atoms with Crippen LogP contribution >= 0.6 is 0 Å². The first kappa shape index (κ1) is 37.7. The second kappa shape index (κ2) is 20.4. The molecule has 4 aliphatic carbocycles. The fourth-order valence-corrected chi connectivity index (χ4v) is 11.5. The maximum atomic E-state index is 6.79. The molecule has 0 bridgehead atoms. The normalized spacial score (nSPS) is 34.4. The van der Waals surface area contributed by atoms with E-state index in [0.717, 1.165) is 49.2 Å². The highest BCUT2D eigenvalue weighted by atomic mass is 16.5. The summed E-state index contributed by atoms with van der Waals surface area (Å²) in [5.74, 6) is 4.43. The van der Waals surface area contributed by atoms with Gasteiger partial charge < -0.3 is 15.8 Å². The summed E-state index contributed by atoms with van der Waals surface area (Å²) in [5.41, 5.74) is 7.01. The average molecular weight is 629 g/mol. The van der Waals surface area contributed by atoms with Gasteiger partial charge in [-0.1, -0.05) is 124 Å². The molecule has 3 heteroatoms. The lowest BCUT2D eigenvalue weighted by Gasteiger charge is -2.62. The van der Waals surface area contributed by atoms with Crippen molar-refractivity contribution in [1.29, 1.82) is 0 Å². The van der Waals surface area contributed by atoms with Gasteiger partial charge in [0.2, 0.25) is 0 Å². The molecule has 0 spiro atoms. The number of hydrogen-bond acceptors (Lipinski definition) is 3. The van der Waals surface area contributed by atoms with Crippen molar-refractivity contribution in [2.24, 2.45) is 46.2 Å². The zero-order chi connectivity index (χ0) is 31.8. The van der Waals surface area contributed by atoms with Crippen LogP contribution in [-0.4, -0.2) is 32.3 Å². The molecule has 0 heterocycles. The van der Waals surface area contributed by atoms with Gasteiger partial charge in [-0.05, 0) is 131 Å². The lowest BCUT2D eigenvalue weighted by atomic mass is 9.44. The van der Waals surface area contributed by atoms with E-state index in [0.29, 0.717) is 16.9 Å².